The van der Waals surface area contributed by atoms with Crippen molar-refractivity contribution in [3.8, 4) is 0 Å². The quantitative estimate of drug-likeness (QED) is 0.517. The summed E-state index contributed by atoms with van der Waals surface area (Å²) in [5.41, 5.74) is 0.289. The Kier molecular flexibility index (Phi) is 1.51. The summed E-state index contributed by atoms with van der Waals surface area (Å²) in [6.45, 7) is 6.76. The number of esters is 1. The van der Waals surface area contributed by atoms with Crippen LogP contribution in [0.4, 0.5) is 0 Å². The van der Waals surface area contributed by atoms with Gasteiger partial charge in [-0.25, -0.2) is 0 Å². The highest BCUT2D eigenvalue weighted by atomic mass is 16.6. The summed E-state index contributed by atoms with van der Waals surface area (Å²) in [4.78, 5) is 11.0. The van der Waals surface area contributed by atoms with Gasteiger partial charge in [-0.2, -0.15) is 0 Å². The molecule has 0 aromatic rings. The van der Waals surface area contributed by atoms with Gasteiger partial charge < -0.3 is 4.74 Å². The van der Waals surface area contributed by atoms with E-state index in [1.807, 2.05) is 0 Å². The van der Waals surface area contributed by atoms with E-state index in [0.29, 0.717) is 18.3 Å². The fourth-order valence-corrected chi connectivity index (χ4v) is 2.58. The molecule has 0 N–H and O–H groups in total. The highest BCUT2D eigenvalue weighted by Gasteiger charge is 2.52. The third-order valence-corrected chi connectivity index (χ3v) is 3.93. The van der Waals surface area contributed by atoms with Crippen molar-refractivity contribution >= 4 is 5.97 Å². The minimum atomic E-state index is 0.00461. The molecule has 1 heterocycles. The first kappa shape index (κ1) is 8.09. The molecule has 0 bridgehead atoms. The minimum Gasteiger partial charge on any atom is -0.462 e. The molecule has 2 heteroatoms. The van der Waals surface area contributed by atoms with E-state index in [2.05, 4.69) is 20.8 Å². The summed E-state index contributed by atoms with van der Waals surface area (Å²) < 4.78 is 5.25. The van der Waals surface area contributed by atoms with Gasteiger partial charge in [0.2, 0.25) is 0 Å². The molecular formula is C10H16O2. The zero-order valence-electron chi connectivity index (χ0n) is 7.96. The average molecular weight is 168 g/mol. The first-order valence-electron chi connectivity index (χ1n) is 4.71. The Morgan fingerprint density at radius 1 is 1.50 bits per heavy atom. The second-order valence-corrected chi connectivity index (χ2v) is 4.80. The summed E-state index contributed by atoms with van der Waals surface area (Å²) in [5.74, 6) is 1.16. The zero-order chi connectivity index (χ0) is 8.93. The van der Waals surface area contributed by atoms with E-state index in [9.17, 15) is 4.79 Å². The molecule has 2 nitrogen and oxygen atoms in total. The average Bonchev–Trinajstić information content (AvgIpc) is 2.38. The summed E-state index contributed by atoms with van der Waals surface area (Å²) in [5, 5.41) is 0. The first-order chi connectivity index (χ1) is 5.51. The van der Waals surface area contributed by atoms with Crippen molar-refractivity contribution in [2.75, 3.05) is 0 Å². The van der Waals surface area contributed by atoms with Crippen molar-refractivity contribution in [2.45, 2.75) is 39.7 Å². The molecule has 3 unspecified atom stereocenters. The lowest BCUT2D eigenvalue weighted by Gasteiger charge is -2.28. The van der Waals surface area contributed by atoms with E-state index in [1.165, 1.54) is 0 Å². The molecule has 2 fully saturated rings. The molecule has 3 atom stereocenters. The Morgan fingerprint density at radius 2 is 2.17 bits per heavy atom. The largest absolute Gasteiger partial charge is 0.462 e. The molecule has 0 aromatic heterocycles. The molecule has 2 rings (SSSR count). The van der Waals surface area contributed by atoms with Crippen LogP contribution in [0.2, 0.25) is 0 Å². The Balaban J connectivity index is 2.23. The van der Waals surface area contributed by atoms with Gasteiger partial charge in [-0.1, -0.05) is 20.8 Å². The number of hydrogen-bond donors (Lipinski definition) is 0. The monoisotopic (exact) mass is 168 g/mol. The molecular weight excluding hydrogens is 152 g/mol. The molecule has 1 saturated heterocycles. The van der Waals surface area contributed by atoms with E-state index < -0.39 is 0 Å². The molecule has 0 spiro atoms. The van der Waals surface area contributed by atoms with Crippen LogP contribution in [0.5, 0.6) is 0 Å². The Bertz CT molecular complexity index is 220. The second-order valence-electron chi connectivity index (χ2n) is 4.80. The molecule has 1 aliphatic carbocycles. The topological polar surface area (TPSA) is 26.3 Å². The van der Waals surface area contributed by atoms with E-state index in [1.54, 1.807) is 0 Å². The number of fused-ring (bicyclic) bond motifs is 1. The normalized spacial score (nSPS) is 44.2. The van der Waals surface area contributed by atoms with Crippen LogP contribution < -0.4 is 0 Å². The maximum Gasteiger partial charge on any atom is 0.306 e. The standard InChI is InChI=1S/C10H16O2/c1-6-4-8-7(10(6,2)3)5-9(11)12-8/h6-8H,4-5H2,1-3H3. The summed E-state index contributed by atoms with van der Waals surface area (Å²) >= 11 is 0. The summed E-state index contributed by atoms with van der Waals surface area (Å²) in [6, 6.07) is 0. The van der Waals surface area contributed by atoms with Crippen LogP contribution in [-0.2, 0) is 9.53 Å². The van der Waals surface area contributed by atoms with Crippen molar-refractivity contribution in [3.63, 3.8) is 0 Å². The van der Waals surface area contributed by atoms with Crippen molar-refractivity contribution in [1.82, 2.24) is 0 Å². The third-order valence-electron chi connectivity index (χ3n) is 3.93. The molecule has 2 aliphatic rings. The van der Waals surface area contributed by atoms with Crippen molar-refractivity contribution in [3.05, 3.63) is 0 Å². The Morgan fingerprint density at radius 3 is 2.75 bits per heavy atom. The van der Waals surface area contributed by atoms with Crippen LogP contribution in [0.25, 0.3) is 0 Å². The van der Waals surface area contributed by atoms with Crippen molar-refractivity contribution < 1.29 is 9.53 Å². The number of carbonyl (C=O) groups excluding carboxylic acids is 1. The lowest BCUT2D eigenvalue weighted by molar-refractivity contribution is -0.141. The number of hydrogen-bond acceptors (Lipinski definition) is 2. The minimum absolute atomic E-state index is 0.00461. The maximum atomic E-state index is 11.0. The van der Waals surface area contributed by atoms with E-state index >= 15 is 0 Å². The lowest BCUT2D eigenvalue weighted by atomic mass is 9.75. The smallest absolute Gasteiger partial charge is 0.306 e. The number of carbonyl (C=O) groups is 1. The zero-order valence-corrected chi connectivity index (χ0v) is 7.96. The van der Waals surface area contributed by atoms with Crippen molar-refractivity contribution in [2.24, 2.45) is 17.3 Å². The number of ether oxygens (including phenoxy) is 1. The van der Waals surface area contributed by atoms with Gasteiger partial charge in [-0.15, -0.1) is 0 Å². The summed E-state index contributed by atoms with van der Waals surface area (Å²) in [6.07, 6.45) is 1.92. The first-order valence-corrected chi connectivity index (χ1v) is 4.71. The summed E-state index contributed by atoms with van der Waals surface area (Å²) in [7, 11) is 0. The van der Waals surface area contributed by atoms with Crippen LogP contribution in [0, 0.1) is 17.3 Å². The van der Waals surface area contributed by atoms with Crippen LogP contribution in [-0.4, -0.2) is 12.1 Å². The second kappa shape index (κ2) is 2.24. The molecule has 12 heavy (non-hydrogen) atoms. The maximum absolute atomic E-state index is 11.0. The molecule has 1 aliphatic heterocycles. The lowest BCUT2D eigenvalue weighted by Crippen LogP contribution is -2.24. The van der Waals surface area contributed by atoms with Crippen LogP contribution >= 0.6 is 0 Å². The van der Waals surface area contributed by atoms with Gasteiger partial charge in [0.15, 0.2) is 0 Å². The van der Waals surface area contributed by atoms with Crippen LogP contribution in [0.15, 0.2) is 0 Å². The fourth-order valence-electron chi connectivity index (χ4n) is 2.58. The van der Waals surface area contributed by atoms with Gasteiger partial charge in [0.25, 0.3) is 0 Å². The van der Waals surface area contributed by atoms with Gasteiger partial charge in [0.1, 0.15) is 6.10 Å². The predicted octanol–water partition coefficient (Wildman–Crippen LogP) is 1.98. The van der Waals surface area contributed by atoms with Crippen LogP contribution in [0.1, 0.15) is 33.6 Å². The SMILES string of the molecule is CC1CC2OC(=O)CC2C1(C)C. The van der Waals surface area contributed by atoms with E-state index in [-0.39, 0.29) is 17.5 Å². The van der Waals surface area contributed by atoms with E-state index in [0.717, 1.165) is 6.42 Å². The van der Waals surface area contributed by atoms with Crippen molar-refractivity contribution in [1.29, 1.82) is 0 Å². The molecule has 1 saturated carbocycles. The fraction of sp³-hybridized carbons (Fsp3) is 0.900. The number of rotatable bonds is 0. The van der Waals surface area contributed by atoms with Gasteiger partial charge in [-0.3, -0.25) is 4.79 Å². The van der Waals surface area contributed by atoms with Gasteiger partial charge >= 0.3 is 5.97 Å². The molecule has 0 amide bonds. The molecule has 0 aromatic carbocycles. The highest BCUT2D eigenvalue weighted by Crippen LogP contribution is 2.52. The molecule has 0 radical (unpaired) electrons. The third kappa shape index (κ3) is 0.900. The predicted molar refractivity (Wildman–Crippen MR) is 45.5 cm³/mol. The van der Waals surface area contributed by atoms with E-state index in [4.69, 9.17) is 4.74 Å². The molecule has 68 valence electrons. The van der Waals surface area contributed by atoms with Gasteiger partial charge in [0, 0.05) is 5.92 Å². The highest BCUT2D eigenvalue weighted by molar-refractivity contribution is 5.72. The van der Waals surface area contributed by atoms with Gasteiger partial charge in [0.05, 0.1) is 6.42 Å². The van der Waals surface area contributed by atoms with Crippen LogP contribution in [0.3, 0.4) is 0 Å². The Labute approximate surface area is 73.3 Å². The van der Waals surface area contributed by atoms with Gasteiger partial charge in [-0.05, 0) is 17.8 Å². The Hall–Kier alpha value is -0.530.